The van der Waals surface area contributed by atoms with Gasteiger partial charge in [0.25, 0.3) is 0 Å². The SMILES string of the molecule is Cc1nc(OCc2ccccc2F)ccc1CO. The fourth-order valence-corrected chi connectivity index (χ4v) is 1.58. The van der Waals surface area contributed by atoms with Crippen LogP contribution >= 0.6 is 0 Å². The molecule has 0 unspecified atom stereocenters. The molecular weight excluding hydrogens is 233 g/mol. The molecule has 2 rings (SSSR count). The number of pyridine rings is 1. The number of ether oxygens (including phenoxy) is 1. The number of aromatic nitrogens is 1. The largest absolute Gasteiger partial charge is 0.473 e. The summed E-state index contributed by atoms with van der Waals surface area (Å²) in [6, 6.07) is 9.88. The van der Waals surface area contributed by atoms with Crippen LogP contribution in [-0.4, -0.2) is 10.1 Å². The van der Waals surface area contributed by atoms with Gasteiger partial charge in [0, 0.05) is 17.3 Å². The summed E-state index contributed by atoms with van der Waals surface area (Å²) in [5.41, 5.74) is 1.96. The molecule has 0 aliphatic heterocycles. The van der Waals surface area contributed by atoms with Gasteiger partial charge < -0.3 is 9.84 Å². The van der Waals surface area contributed by atoms with E-state index in [2.05, 4.69) is 4.98 Å². The van der Waals surface area contributed by atoms with E-state index in [9.17, 15) is 4.39 Å². The van der Waals surface area contributed by atoms with E-state index in [0.29, 0.717) is 17.1 Å². The summed E-state index contributed by atoms with van der Waals surface area (Å²) in [5.74, 6) is 0.133. The van der Waals surface area contributed by atoms with Crippen molar-refractivity contribution in [2.24, 2.45) is 0 Å². The number of aliphatic hydroxyl groups is 1. The van der Waals surface area contributed by atoms with Gasteiger partial charge in [-0.25, -0.2) is 9.37 Å². The number of aliphatic hydroxyl groups excluding tert-OH is 1. The highest BCUT2D eigenvalue weighted by Crippen LogP contribution is 2.15. The molecule has 0 aliphatic rings. The molecule has 1 aromatic carbocycles. The second-order valence-electron chi connectivity index (χ2n) is 3.93. The lowest BCUT2D eigenvalue weighted by atomic mass is 10.2. The summed E-state index contributed by atoms with van der Waals surface area (Å²) in [4.78, 5) is 4.18. The van der Waals surface area contributed by atoms with Gasteiger partial charge in [-0.05, 0) is 24.6 Å². The Morgan fingerprint density at radius 2 is 1.94 bits per heavy atom. The standard InChI is InChI=1S/C14H14FNO2/c1-10-11(8-17)6-7-14(16-10)18-9-12-4-2-3-5-13(12)15/h2-7,17H,8-9H2,1H3. The first kappa shape index (κ1) is 12.5. The minimum Gasteiger partial charge on any atom is -0.473 e. The third kappa shape index (κ3) is 2.84. The van der Waals surface area contributed by atoms with Gasteiger partial charge in [-0.3, -0.25) is 0 Å². The maximum Gasteiger partial charge on any atom is 0.213 e. The van der Waals surface area contributed by atoms with Crippen molar-refractivity contribution in [3.63, 3.8) is 0 Å². The maximum absolute atomic E-state index is 13.4. The van der Waals surface area contributed by atoms with Crippen LogP contribution in [0.25, 0.3) is 0 Å². The lowest BCUT2D eigenvalue weighted by Crippen LogP contribution is -2.01. The van der Waals surface area contributed by atoms with Crippen molar-refractivity contribution in [3.05, 3.63) is 59.0 Å². The molecule has 18 heavy (non-hydrogen) atoms. The van der Waals surface area contributed by atoms with Gasteiger partial charge in [0.1, 0.15) is 12.4 Å². The highest BCUT2D eigenvalue weighted by atomic mass is 19.1. The molecule has 0 atom stereocenters. The Morgan fingerprint density at radius 1 is 1.17 bits per heavy atom. The van der Waals surface area contributed by atoms with Crippen molar-refractivity contribution in [2.75, 3.05) is 0 Å². The average Bonchev–Trinajstić information content (AvgIpc) is 2.38. The summed E-state index contributed by atoms with van der Waals surface area (Å²) in [7, 11) is 0. The molecule has 0 spiro atoms. The third-order valence-corrected chi connectivity index (χ3v) is 2.67. The molecule has 0 fully saturated rings. The van der Waals surface area contributed by atoms with Gasteiger partial charge in [-0.1, -0.05) is 18.2 Å². The van der Waals surface area contributed by atoms with Gasteiger partial charge in [0.15, 0.2) is 0 Å². The number of halogens is 1. The van der Waals surface area contributed by atoms with Crippen LogP contribution in [0.3, 0.4) is 0 Å². The molecule has 0 saturated carbocycles. The molecule has 1 N–H and O–H groups in total. The number of hydrogen-bond acceptors (Lipinski definition) is 3. The Hall–Kier alpha value is -1.94. The molecule has 4 heteroatoms. The first-order valence-corrected chi connectivity index (χ1v) is 5.64. The molecule has 0 radical (unpaired) electrons. The van der Waals surface area contributed by atoms with Crippen LogP contribution in [0.1, 0.15) is 16.8 Å². The molecular formula is C14H14FNO2. The van der Waals surface area contributed by atoms with Crippen molar-refractivity contribution in [2.45, 2.75) is 20.1 Å². The summed E-state index contributed by atoms with van der Waals surface area (Å²) < 4.78 is 18.8. The summed E-state index contributed by atoms with van der Waals surface area (Å²) in [5, 5.41) is 9.02. The lowest BCUT2D eigenvalue weighted by Gasteiger charge is -2.08. The second-order valence-corrected chi connectivity index (χ2v) is 3.93. The number of rotatable bonds is 4. The van der Waals surface area contributed by atoms with Crippen LogP contribution < -0.4 is 4.74 Å². The normalized spacial score (nSPS) is 10.4. The Kier molecular flexibility index (Phi) is 3.89. The van der Waals surface area contributed by atoms with Gasteiger partial charge in [-0.15, -0.1) is 0 Å². The Labute approximate surface area is 105 Å². The van der Waals surface area contributed by atoms with Gasteiger partial charge in [0.05, 0.1) is 6.61 Å². The first-order chi connectivity index (χ1) is 8.70. The monoisotopic (exact) mass is 247 g/mol. The summed E-state index contributed by atoms with van der Waals surface area (Å²) in [6.07, 6.45) is 0. The van der Waals surface area contributed by atoms with Crippen LogP contribution in [0.2, 0.25) is 0 Å². The maximum atomic E-state index is 13.4. The molecule has 1 heterocycles. The Bertz CT molecular complexity index is 543. The van der Waals surface area contributed by atoms with E-state index < -0.39 is 0 Å². The van der Waals surface area contributed by atoms with E-state index in [4.69, 9.17) is 9.84 Å². The molecule has 94 valence electrons. The lowest BCUT2D eigenvalue weighted by molar-refractivity contribution is 0.275. The van der Waals surface area contributed by atoms with Crippen LogP contribution in [0.5, 0.6) is 5.88 Å². The Balaban J connectivity index is 2.07. The number of benzene rings is 1. The summed E-state index contributed by atoms with van der Waals surface area (Å²) in [6.45, 7) is 1.88. The number of aryl methyl sites for hydroxylation is 1. The molecule has 0 aliphatic carbocycles. The molecule has 0 bridgehead atoms. The molecule has 1 aromatic heterocycles. The predicted molar refractivity (Wildman–Crippen MR) is 65.6 cm³/mol. The third-order valence-electron chi connectivity index (χ3n) is 2.67. The van der Waals surface area contributed by atoms with E-state index in [1.54, 1.807) is 37.3 Å². The molecule has 0 amide bonds. The smallest absolute Gasteiger partial charge is 0.213 e. The zero-order valence-electron chi connectivity index (χ0n) is 10.1. The van der Waals surface area contributed by atoms with E-state index >= 15 is 0 Å². The topological polar surface area (TPSA) is 42.4 Å². The highest BCUT2D eigenvalue weighted by molar-refractivity contribution is 5.25. The minimum absolute atomic E-state index is 0.0492. The summed E-state index contributed by atoms with van der Waals surface area (Å²) >= 11 is 0. The molecule has 0 saturated heterocycles. The van der Waals surface area contributed by atoms with E-state index in [0.717, 1.165) is 5.56 Å². The van der Waals surface area contributed by atoms with Crippen LogP contribution in [0.4, 0.5) is 4.39 Å². The first-order valence-electron chi connectivity index (χ1n) is 5.64. The average molecular weight is 247 g/mol. The zero-order valence-corrected chi connectivity index (χ0v) is 10.1. The van der Waals surface area contributed by atoms with E-state index in [1.165, 1.54) is 6.07 Å². The second kappa shape index (κ2) is 5.60. The van der Waals surface area contributed by atoms with Crippen LogP contribution in [0.15, 0.2) is 36.4 Å². The predicted octanol–water partition coefficient (Wildman–Crippen LogP) is 2.60. The van der Waals surface area contributed by atoms with E-state index in [-0.39, 0.29) is 19.0 Å². The van der Waals surface area contributed by atoms with E-state index in [1.807, 2.05) is 0 Å². The van der Waals surface area contributed by atoms with Crippen molar-refractivity contribution in [1.82, 2.24) is 4.98 Å². The highest BCUT2D eigenvalue weighted by Gasteiger charge is 2.04. The molecule has 3 nitrogen and oxygen atoms in total. The number of nitrogens with zero attached hydrogens (tertiary/aromatic N) is 1. The fraction of sp³-hybridized carbons (Fsp3) is 0.214. The Morgan fingerprint density at radius 3 is 2.61 bits per heavy atom. The minimum atomic E-state index is -0.291. The van der Waals surface area contributed by atoms with Crippen molar-refractivity contribution < 1.29 is 14.2 Å². The van der Waals surface area contributed by atoms with Crippen molar-refractivity contribution in [3.8, 4) is 5.88 Å². The number of hydrogen-bond donors (Lipinski definition) is 1. The fourth-order valence-electron chi connectivity index (χ4n) is 1.58. The van der Waals surface area contributed by atoms with Crippen LogP contribution in [0, 0.1) is 12.7 Å². The van der Waals surface area contributed by atoms with Crippen molar-refractivity contribution in [1.29, 1.82) is 0 Å². The zero-order chi connectivity index (χ0) is 13.0. The molecule has 2 aromatic rings. The van der Waals surface area contributed by atoms with Crippen molar-refractivity contribution >= 4 is 0 Å². The van der Waals surface area contributed by atoms with Gasteiger partial charge in [-0.2, -0.15) is 0 Å². The van der Waals surface area contributed by atoms with Gasteiger partial charge in [0.2, 0.25) is 5.88 Å². The van der Waals surface area contributed by atoms with Crippen LogP contribution in [-0.2, 0) is 13.2 Å². The van der Waals surface area contributed by atoms with Gasteiger partial charge >= 0.3 is 0 Å². The quantitative estimate of drug-likeness (QED) is 0.903.